The van der Waals surface area contributed by atoms with Gasteiger partial charge in [-0.2, -0.15) is 9.78 Å². The zero-order chi connectivity index (χ0) is 17.4. The number of benzene rings is 1. The number of rotatable bonds is 4. The fourth-order valence-corrected chi connectivity index (χ4v) is 3.03. The van der Waals surface area contributed by atoms with Crippen LogP contribution in [0.2, 0.25) is 0 Å². The third-order valence-electron chi connectivity index (χ3n) is 4.32. The Morgan fingerprint density at radius 2 is 2.04 bits per heavy atom. The van der Waals surface area contributed by atoms with Crippen molar-refractivity contribution < 1.29 is 5.11 Å². The van der Waals surface area contributed by atoms with Gasteiger partial charge in [-0.3, -0.25) is 4.79 Å². The number of H-pyrrole nitrogens is 1. The van der Waals surface area contributed by atoms with Crippen LogP contribution in [0, 0.1) is 6.92 Å². The fourth-order valence-electron chi connectivity index (χ4n) is 3.03. The molecule has 126 valence electrons. The third-order valence-corrected chi connectivity index (χ3v) is 4.32. The standard InChI is InChI=1S/C18H17N5O2/c1-12-17-15(21-23(18(17)25)14-5-3-2-4-6-14)9-16(24)22(12)8-7-13-10-19-11-20-13/h2-6,9-11,24H,7-8H2,1H3,(H,19,20)/p-1. The largest absolute Gasteiger partial charge is 0.860 e. The number of pyridine rings is 1. The highest BCUT2D eigenvalue weighted by Crippen LogP contribution is 2.26. The van der Waals surface area contributed by atoms with E-state index in [1.165, 1.54) is 10.7 Å². The summed E-state index contributed by atoms with van der Waals surface area (Å²) < 4.78 is 2.96. The fraction of sp³-hybridized carbons (Fsp3) is 0.167. The number of nitrogens with one attached hydrogen (secondary N) is 1. The Morgan fingerprint density at radius 1 is 1.24 bits per heavy atom. The number of para-hydroxylation sites is 1. The summed E-state index contributed by atoms with van der Waals surface area (Å²) in [4.78, 5) is 19.8. The Kier molecular flexibility index (Phi) is 3.61. The molecule has 25 heavy (non-hydrogen) atoms. The van der Waals surface area contributed by atoms with Crippen LogP contribution in [0.1, 0.15) is 11.4 Å². The molecule has 0 atom stereocenters. The summed E-state index contributed by atoms with van der Waals surface area (Å²) in [7, 11) is 0. The van der Waals surface area contributed by atoms with Gasteiger partial charge in [-0.05, 0) is 31.0 Å². The van der Waals surface area contributed by atoms with Gasteiger partial charge in [0, 0.05) is 30.6 Å². The molecule has 0 spiro atoms. The summed E-state index contributed by atoms with van der Waals surface area (Å²) in [5, 5.41) is 16.8. The van der Waals surface area contributed by atoms with Crippen LogP contribution in [0.25, 0.3) is 16.9 Å². The highest BCUT2D eigenvalue weighted by molar-refractivity contribution is 5.65. The molecule has 0 saturated heterocycles. The number of nitrogens with zero attached hydrogens (tertiary/aromatic N) is 4. The lowest BCUT2D eigenvalue weighted by Gasteiger charge is -2.22. The van der Waals surface area contributed by atoms with Gasteiger partial charge in [-0.1, -0.05) is 18.2 Å². The van der Waals surface area contributed by atoms with Crippen molar-refractivity contribution in [1.82, 2.24) is 24.3 Å². The van der Waals surface area contributed by atoms with Crippen LogP contribution in [0.3, 0.4) is 0 Å². The zero-order valence-electron chi connectivity index (χ0n) is 13.6. The molecule has 2 aliphatic heterocycles. The van der Waals surface area contributed by atoms with Gasteiger partial charge in [0.15, 0.2) is 0 Å². The molecule has 0 aliphatic carbocycles. The molecule has 0 saturated carbocycles. The molecule has 1 aromatic heterocycles. The third kappa shape index (κ3) is 2.59. The van der Waals surface area contributed by atoms with Crippen molar-refractivity contribution in [3.8, 4) is 22.8 Å². The molecule has 0 unspecified atom stereocenters. The van der Waals surface area contributed by atoms with Crippen LogP contribution in [0.5, 0.6) is 5.88 Å². The maximum absolute atomic E-state index is 12.8. The summed E-state index contributed by atoms with van der Waals surface area (Å²) >= 11 is 0. The molecule has 1 N–H and O–H groups in total. The number of aromatic amines is 1. The first-order valence-electron chi connectivity index (χ1n) is 7.98. The Labute approximate surface area is 143 Å². The van der Waals surface area contributed by atoms with Gasteiger partial charge in [0.2, 0.25) is 0 Å². The van der Waals surface area contributed by atoms with Crippen molar-refractivity contribution in [1.29, 1.82) is 0 Å². The van der Waals surface area contributed by atoms with Crippen molar-refractivity contribution in [3.05, 3.63) is 70.7 Å². The van der Waals surface area contributed by atoms with Gasteiger partial charge in [0.05, 0.1) is 23.3 Å². The number of aryl methyl sites for hydroxylation is 1. The second kappa shape index (κ2) is 5.94. The minimum atomic E-state index is -0.214. The molecule has 1 aromatic carbocycles. The second-order valence-corrected chi connectivity index (χ2v) is 5.86. The maximum Gasteiger partial charge on any atom is 0.282 e. The molecule has 3 heterocycles. The van der Waals surface area contributed by atoms with Crippen LogP contribution in [0.4, 0.5) is 0 Å². The lowest BCUT2D eigenvalue weighted by molar-refractivity contribution is -0.279. The van der Waals surface area contributed by atoms with Crippen LogP contribution < -0.4 is 10.7 Å². The predicted octanol–water partition coefficient (Wildman–Crippen LogP) is 1.49. The van der Waals surface area contributed by atoms with Crippen LogP contribution in [0.15, 0.2) is 53.7 Å². The van der Waals surface area contributed by atoms with Crippen LogP contribution >= 0.6 is 0 Å². The Bertz CT molecular complexity index is 1030. The average Bonchev–Trinajstić information content (AvgIpc) is 3.23. The summed E-state index contributed by atoms with van der Waals surface area (Å²) in [5.41, 5.74) is 2.94. The quantitative estimate of drug-likeness (QED) is 0.612. The number of aromatic nitrogens is 5. The van der Waals surface area contributed by atoms with Gasteiger partial charge >= 0.3 is 0 Å². The lowest BCUT2D eigenvalue weighted by Crippen LogP contribution is -2.18. The Morgan fingerprint density at radius 3 is 2.76 bits per heavy atom. The van der Waals surface area contributed by atoms with E-state index in [0.717, 1.165) is 5.69 Å². The normalized spacial score (nSPS) is 11.2. The van der Waals surface area contributed by atoms with Gasteiger partial charge in [0.25, 0.3) is 5.56 Å². The summed E-state index contributed by atoms with van der Waals surface area (Å²) in [6.45, 7) is 2.26. The smallest absolute Gasteiger partial charge is 0.282 e. The first kappa shape index (κ1) is 15.2. The first-order chi connectivity index (χ1) is 12.1. The SMILES string of the molecule is Cc1c2c(=O)n(-c3ccccc3)nc-2cc([O-])n1CCc1cnc[nH]1. The van der Waals surface area contributed by atoms with E-state index in [-0.39, 0.29) is 11.4 Å². The molecular formula is C18H16N5O2-. The maximum atomic E-state index is 12.8. The zero-order valence-corrected chi connectivity index (χ0v) is 13.6. The molecule has 2 aliphatic rings. The van der Waals surface area contributed by atoms with Crippen molar-refractivity contribution in [2.24, 2.45) is 0 Å². The van der Waals surface area contributed by atoms with E-state index in [4.69, 9.17) is 0 Å². The van der Waals surface area contributed by atoms with E-state index in [1.54, 1.807) is 24.0 Å². The van der Waals surface area contributed by atoms with Crippen molar-refractivity contribution >= 4 is 0 Å². The molecule has 0 bridgehead atoms. The van der Waals surface area contributed by atoms with Gasteiger partial charge < -0.3 is 14.7 Å². The molecule has 2 aromatic rings. The number of imidazole rings is 1. The summed E-state index contributed by atoms with van der Waals surface area (Å²) in [6, 6.07) is 10.6. The topological polar surface area (TPSA) is 91.6 Å². The lowest BCUT2D eigenvalue weighted by atomic mass is 10.1. The van der Waals surface area contributed by atoms with E-state index in [0.29, 0.717) is 35.6 Å². The second-order valence-electron chi connectivity index (χ2n) is 5.86. The Balaban J connectivity index is 1.80. The van der Waals surface area contributed by atoms with E-state index >= 15 is 0 Å². The van der Waals surface area contributed by atoms with E-state index < -0.39 is 0 Å². The number of hydrogen-bond donors (Lipinski definition) is 1. The van der Waals surface area contributed by atoms with E-state index in [2.05, 4.69) is 15.1 Å². The molecule has 0 radical (unpaired) electrons. The molecule has 0 fully saturated rings. The molecule has 0 amide bonds. The molecular weight excluding hydrogens is 318 g/mol. The monoisotopic (exact) mass is 334 g/mol. The van der Waals surface area contributed by atoms with Gasteiger partial charge in [-0.25, -0.2) is 4.98 Å². The molecule has 7 heteroatoms. The highest BCUT2D eigenvalue weighted by Gasteiger charge is 2.20. The van der Waals surface area contributed by atoms with Crippen LogP contribution in [-0.2, 0) is 13.0 Å². The van der Waals surface area contributed by atoms with Crippen molar-refractivity contribution in [2.45, 2.75) is 19.9 Å². The molecule has 4 rings (SSSR count). The van der Waals surface area contributed by atoms with E-state index in [9.17, 15) is 9.90 Å². The van der Waals surface area contributed by atoms with Gasteiger partial charge in [0.1, 0.15) is 0 Å². The van der Waals surface area contributed by atoms with Gasteiger partial charge in [-0.15, -0.1) is 0 Å². The first-order valence-corrected chi connectivity index (χ1v) is 7.98. The average molecular weight is 334 g/mol. The number of fused-ring (bicyclic) bond motifs is 1. The van der Waals surface area contributed by atoms with Crippen LogP contribution in [-0.4, -0.2) is 24.3 Å². The molecule has 7 nitrogen and oxygen atoms in total. The Hall–Kier alpha value is -3.35. The minimum absolute atomic E-state index is 0.165. The summed E-state index contributed by atoms with van der Waals surface area (Å²) in [5.74, 6) is -0.165. The highest BCUT2D eigenvalue weighted by atomic mass is 16.3. The van der Waals surface area contributed by atoms with E-state index in [1.807, 2.05) is 30.3 Å². The van der Waals surface area contributed by atoms with Crippen molar-refractivity contribution in [3.63, 3.8) is 0 Å². The van der Waals surface area contributed by atoms with Crippen molar-refractivity contribution in [2.75, 3.05) is 0 Å². The summed E-state index contributed by atoms with van der Waals surface area (Å²) in [6.07, 6.45) is 3.96. The number of hydrogen-bond acceptors (Lipinski definition) is 4. The predicted molar refractivity (Wildman–Crippen MR) is 90.9 cm³/mol. The minimum Gasteiger partial charge on any atom is -0.860 e.